The Labute approximate surface area is 84.7 Å². The molecule has 1 heterocycles. The average molecular weight is 214 g/mol. The molecule has 0 spiro atoms. The Balaban J connectivity index is 2.94. The van der Waals surface area contributed by atoms with Gasteiger partial charge in [0.05, 0.1) is 0 Å². The normalized spacial score (nSPS) is 10.6. The number of phenolic OH excluding ortho intramolecular Hbond substituents is 1. The molecule has 4 heteroatoms. The molecule has 2 aromatic rings. The van der Waals surface area contributed by atoms with E-state index in [1.54, 1.807) is 24.3 Å². The Bertz CT molecular complexity index is 470. The van der Waals surface area contributed by atoms with Crippen LogP contribution in [0.4, 0.5) is 0 Å². The fourth-order valence-electron chi connectivity index (χ4n) is 1.19. The van der Waals surface area contributed by atoms with E-state index in [1.807, 2.05) is 0 Å². The first-order valence-corrected chi connectivity index (χ1v) is 4.38. The first kappa shape index (κ1) is 8.60. The molecule has 0 saturated carbocycles. The molecule has 0 aliphatic heterocycles. The van der Waals surface area contributed by atoms with E-state index in [0.29, 0.717) is 15.9 Å². The SMILES string of the molecule is Oc1cccc2c(Cl)nc(Cl)cc12. The van der Waals surface area contributed by atoms with E-state index >= 15 is 0 Å². The minimum absolute atomic E-state index is 0.156. The molecular weight excluding hydrogens is 209 g/mol. The molecule has 0 saturated heterocycles. The molecule has 0 bridgehead atoms. The van der Waals surface area contributed by atoms with Crippen LogP contribution in [0.3, 0.4) is 0 Å². The van der Waals surface area contributed by atoms with E-state index in [4.69, 9.17) is 23.2 Å². The molecule has 1 aromatic heterocycles. The molecule has 2 rings (SSSR count). The Morgan fingerprint density at radius 3 is 2.69 bits per heavy atom. The fraction of sp³-hybridized carbons (Fsp3) is 0. The molecule has 66 valence electrons. The molecule has 0 aliphatic rings. The van der Waals surface area contributed by atoms with E-state index in [9.17, 15) is 5.11 Å². The van der Waals surface area contributed by atoms with Gasteiger partial charge in [0.2, 0.25) is 0 Å². The van der Waals surface area contributed by atoms with Crippen LogP contribution >= 0.6 is 23.2 Å². The number of pyridine rings is 1. The van der Waals surface area contributed by atoms with E-state index in [2.05, 4.69) is 4.98 Å². The Morgan fingerprint density at radius 1 is 1.15 bits per heavy atom. The molecule has 2 nitrogen and oxygen atoms in total. The molecule has 1 aromatic carbocycles. The van der Waals surface area contributed by atoms with Crippen molar-refractivity contribution in [2.24, 2.45) is 0 Å². The zero-order chi connectivity index (χ0) is 9.42. The second kappa shape index (κ2) is 3.05. The minimum Gasteiger partial charge on any atom is -0.507 e. The van der Waals surface area contributed by atoms with Gasteiger partial charge in [-0.2, -0.15) is 0 Å². The number of halogens is 2. The van der Waals surface area contributed by atoms with Gasteiger partial charge in [0.15, 0.2) is 0 Å². The van der Waals surface area contributed by atoms with Crippen molar-refractivity contribution in [2.45, 2.75) is 0 Å². The number of benzene rings is 1. The first-order chi connectivity index (χ1) is 6.18. The van der Waals surface area contributed by atoms with Gasteiger partial charge in [-0.15, -0.1) is 0 Å². The summed E-state index contributed by atoms with van der Waals surface area (Å²) in [5, 5.41) is 11.4. The summed E-state index contributed by atoms with van der Waals surface area (Å²) in [6, 6.07) is 6.65. The van der Waals surface area contributed by atoms with E-state index in [1.165, 1.54) is 0 Å². The third-order valence-electron chi connectivity index (χ3n) is 1.77. The number of rotatable bonds is 0. The summed E-state index contributed by atoms with van der Waals surface area (Å²) < 4.78 is 0. The van der Waals surface area contributed by atoms with Crippen LogP contribution in [-0.2, 0) is 0 Å². The van der Waals surface area contributed by atoms with Gasteiger partial charge in [-0.05, 0) is 12.1 Å². The number of aromatic hydroxyl groups is 1. The fourth-order valence-corrected chi connectivity index (χ4v) is 1.68. The van der Waals surface area contributed by atoms with Gasteiger partial charge in [-0.1, -0.05) is 35.3 Å². The van der Waals surface area contributed by atoms with Gasteiger partial charge in [0.25, 0.3) is 0 Å². The molecule has 1 N–H and O–H groups in total. The van der Waals surface area contributed by atoms with Crippen molar-refractivity contribution in [1.82, 2.24) is 4.98 Å². The van der Waals surface area contributed by atoms with Crippen LogP contribution in [0, 0.1) is 0 Å². The van der Waals surface area contributed by atoms with Crippen molar-refractivity contribution in [2.75, 3.05) is 0 Å². The summed E-state index contributed by atoms with van der Waals surface area (Å²) in [7, 11) is 0. The van der Waals surface area contributed by atoms with Crippen LogP contribution in [0.15, 0.2) is 24.3 Å². The summed E-state index contributed by atoms with van der Waals surface area (Å²) in [6.07, 6.45) is 0. The van der Waals surface area contributed by atoms with Crippen LogP contribution < -0.4 is 0 Å². The van der Waals surface area contributed by atoms with Crippen molar-refractivity contribution in [1.29, 1.82) is 0 Å². The second-order valence-electron chi connectivity index (χ2n) is 2.61. The predicted molar refractivity (Wildman–Crippen MR) is 53.4 cm³/mol. The van der Waals surface area contributed by atoms with E-state index in [-0.39, 0.29) is 10.9 Å². The van der Waals surface area contributed by atoms with Crippen LogP contribution in [0.1, 0.15) is 0 Å². The number of hydrogen-bond acceptors (Lipinski definition) is 2. The van der Waals surface area contributed by atoms with Gasteiger partial charge in [-0.25, -0.2) is 4.98 Å². The quantitative estimate of drug-likeness (QED) is 0.682. The highest BCUT2D eigenvalue weighted by molar-refractivity contribution is 6.36. The van der Waals surface area contributed by atoms with Gasteiger partial charge in [-0.3, -0.25) is 0 Å². The summed E-state index contributed by atoms with van der Waals surface area (Å²) in [6.45, 7) is 0. The lowest BCUT2D eigenvalue weighted by Gasteiger charge is -2.02. The Hall–Kier alpha value is -0.990. The van der Waals surface area contributed by atoms with Crippen molar-refractivity contribution in [3.8, 4) is 5.75 Å². The number of phenols is 1. The number of fused-ring (bicyclic) bond motifs is 1. The summed E-state index contributed by atoms with van der Waals surface area (Å²) in [5.74, 6) is 0.156. The molecule has 13 heavy (non-hydrogen) atoms. The van der Waals surface area contributed by atoms with Gasteiger partial charge in [0.1, 0.15) is 16.1 Å². The molecule has 0 aliphatic carbocycles. The van der Waals surface area contributed by atoms with Crippen LogP contribution in [0.5, 0.6) is 5.75 Å². The maximum atomic E-state index is 9.48. The van der Waals surface area contributed by atoms with Crippen molar-refractivity contribution in [3.05, 3.63) is 34.6 Å². The average Bonchev–Trinajstić information content (AvgIpc) is 2.07. The van der Waals surface area contributed by atoms with Gasteiger partial charge >= 0.3 is 0 Å². The van der Waals surface area contributed by atoms with Crippen LogP contribution in [-0.4, -0.2) is 10.1 Å². The van der Waals surface area contributed by atoms with E-state index < -0.39 is 0 Å². The zero-order valence-electron chi connectivity index (χ0n) is 6.46. The van der Waals surface area contributed by atoms with Crippen molar-refractivity contribution in [3.63, 3.8) is 0 Å². The van der Waals surface area contributed by atoms with Gasteiger partial charge < -0.3 is 5.11 Å². The van der Waals surface area contributed by atoms with Gasteiger partial charge in [0, 0.05) is 10.8 Å². The topological polar surface area (TPSA) is 33.1 Å². The lowest BCUT2D eigenvalue weighted by molar-refractivity contribution is 0.481. The third kappa shape index (κ3) is 1.43. The van der Waals surface area contributed by atoms with Crippen molar-refractivity contribution < 1.29 is 5.11 Å². The zero-order valence-corrected chi connectivity index (χ0v) is 7.97. The highest BCUT2D eigenvalue weighted by Gasteiger charge is 2.05. The molecule has 0 fully saturated rings. The largest absolute Gasteiger partial charge is 0.507 e. The van der Waals surface area contributed by atoms with Crippen LogP contribution in [0.2, 0.25) is 10.3 Å². The summed E-state index contributed by atoms with van der Waals surface area (Å²) in [4.78, 5) is 3.86. The molecule has 0 unspecified atom stereocenters. The molecular formula is C9H5Cl2NO. The number of hydrogen-bond donors (Lipinski definition) is 1. The standard InChI is InChI=1S/C9H5Cl2NO/c10-8-4-6-5(9(11)12-8)2-1-3-7(6)13/h1-4,13H. The molecule has 0 radical (unpaired) electrons. The highest BCUT2D eigenvalue weighted by atomic mass is 35.5. The Morgan fingerprint density at radius 2 is 1.92 bits per heavy atom. The Kier molecular flexibility index (Phi) is 2.02. The summed E-state index contributed by atoms with van der Waals surface area (Å²) >= 11 is 11.5. The van der Waals surface area contributed by atoms with E-state index in [0.717, 1.165) is 0 Å². The maximum absolute atomic E-state index is 9.48. The van der Waals surface area contributed by atoms with Crippen LogP contribution in [0.25, 0.3) is 10.8 Å². The number of nitrogens with zero attached hydrogens (tertiary/aromatic N) is 1. The molecule has 0 atom stereocenters. The molecule has 0 amide bonds. The third-order valence-corrected chi connectivity index (χ3v) is 2.26. The first-order valence-electron chi connectivity index (χ1n) is 3.62. The maximum Gasteiger partial charge on any atom is 0.138 e. The summed E-state index contributed by atoms with van der Waals surface area (Å²) in [5.41, 5.74) is 0. The highest BCUT2D eigenvalue weighted by Crippen LogP contribution is 2.30. The number of aromatic nitrogens is 1. The minimum atomic E-state index is 0.156. The second-order valence-corrected chi connectivity index (χ2v) is 3.35. The predicted octanol–water partition coefficient (Wildman–Crippen LogP) is 3.25. The monoisotopic (exact) mass is 213 g/mol. The smallest absolute Gasteiger partial charge is 0.138 e. The lowest BCUT2D eigenvalue weighted by atomic mass is 10.1. The van der Waals surface area contributed by atoms with Crippen molar-refractivity contribution >= 4 is 34.0 Å². The lowest BCUT2D eigenvalue weighted by Crippen LogP contribution is -1.81.